The minimum absolute atomic E-state index is 0.0252. The monoisotopic (exact) mass is 366 g/mol. The lowest BCUT2D eigenvalue weighted by atomic mass is 10.0. The van der Waals surface area contributed by atoms with Crippen molar-refractivity contribution in [3.05, 3.63) is 11.1 Å². The highest BCUT2D eigenvalue weighted by Gasteiger charge is 2.36. The Kier molecular flexibility index (Phi) is 4.49. The van der Waals surface area contributed by atoms with E-state index in [4.69, 9.17) is 4.74 Å². The molecule has 1 aromatic rings. The second-order valence-electron chi connectivity index (χ2n) is 7.39. The first-order valence-electron chi connectivity index (χ1n) is 8.37. The first kappa shape index (κ1) is 17.7. The van der Waals surface area contributed by atoms with Gasteiger partial charge in [0.05, 0.1) is 5.56 Å². The summed E-state index contributed by atoms with van der Waals surface area (Å²) >= 11 is 1.14. The SMILES string of the molecule is CC(C)(C)OC(=O)N1CCCc2c1sc(NC(=O)C1CC1)c2C(=O)O. The molecule has 25 heavy (non-hydrogen) atoms. The number of carbonyl (C=O) groups excluding carboxylic acids is 2. The summed E-state index contributed by atoms with van der Waals surface area (Å²) in [6.07, 6.45) is 2.39. The quantitative estimate of drug-likeness (QED) is 0.854. The number of amides is 2. The number of nitrogens with one attached hydrogen (secondary N) is 1. The Bertz CT molecular complexity index is 730. The highest BCUT2D eigenvalue weighted by molar-refractivity contribution is 7.21. The number of carboxylic acid groups (broad SMARTS) is 1. The van der Waals surface area contributed by atoms with Gasteiger partial charge in [0, 0.05) is 18.0 Å². The van der Waals surface area contributed by atoms with Crippen LogP contribution in [0.2, 0.25) is 0 Å². The number of fused-ring (bicyclic) bond motifs is 1. The van der Waals surface area contributed by atoms with E-state index in [0.29, 0.717) is 35.0 Å². The molecule has 3 rings (SSSR count). The second-order valence-corrected chi connectivity index (χ2v) is 8.39. The first-order chi connectivity index (χ1) is 11.7. The summed E-state index contributed by atoms with van der Waals surface area (Å²) in [5.41, 5.74) is 0.0629. The number of carbonyl (C=O) groups is 3. The molecule has 0 aromatic carbocycles. The van der Waals surface area contributed by atoms with Gasteiger partial charge in [0.2, 0.25) is 5.91 Å². The van der Waals surface area contributed by atoms with Gasteiger partial charge in [-0.05, 0) is 46.5 Å². The summed E-state index contributed by atoms with van der Waals surface area (Å²) in [6, 6.07) is 0. The molecule has 2 N–H and O–H groups in total. The van der Waals surface area contributed by atoms with Crippen molar-refractivity contribution >= 4 is 39.3 Å². The Balaban J connectivity index is 1.94. The van der Waals surface area contributed by atoms with Gasteiger partial charge in [-0.1, -0.05) is 11.3 Å². The molecule has 0 radical (unpaired) electrons. The van der Waals surface area contributed by atoms with Crippen LogP contribution in [0.5, 0.6) is 0 Å². The zero-order chi connectivity index (χ0) is 18.4. The first-order valence-corrected chi connectivity index (χ1v) is 9.19. The van der Waals surface area contributed by atoms with Crippen molar-refractivity contribution in [3.8, 4) is 0 Å². The van der Waals surface area contributed by atoms with Crippen LogP contribution in [-0.2, 0) is 16.0 Å². The molecule has 0 saturated heterocycles. The van der Waals surface area contributed by atoms with Crippen LogP contribution in [0.3, 0.4) is 0 Å². The lowest BCUT2D eigenvalue weighted by Crippen LogP contribution is -2.39. The molecule has 136 valence electrons. The Hall–Kier alpha value is -2.09. The summed E-state index contributed by atoms with van der Waals surface area (Å²) in [4.78, 5) is 37.8. The lowest BCUT2D eigenvalue weighted by molar-refractivity contribution is -0.117. The standard InChI is InChI=1S/C17H22N2O5S/c1-17(2,3)24-16(23)19-8-4-5-10-11(15(21)22)13(25-14(10)19)18-12(20)9-6-7-9/h9H,4-8H2,1-3H3,(H,18,20)(H,21,22). The Morgan fingerprint density at radius 1 is 1.28 bits per heavy atom. The molecule has 2 heterocycles. The van der Waals surface area contributed by atoms with Crippen LogP contribution in [-0.4, -0.2) is 35.2 Å². The third kappa shape index (κ3) is 3.78. The van der Waals surface area contributed by atoms with Crippen molar-refractivity contribution in [3.63, 3.8) is 0 Å². The molecule has 0 spiro atoms. The average Bonchev–Trinajstić information content (AvgIpc) is 3.26. The number of rotatable bonds is 3. The lowest BCUT2D eigenvalue weighted by Gasteiger charge is -2.29. The Morgan fingerprint density at radius 3 is 2.52 bits per heavy atom. The molecule has 7 nitrogen and oxygen atoms in total. The number of aromatic carboxylic acids is 1. The number of anilines is 2. The molecule has 1 saturated carbocycles. The van der Waals surface area contributed by atoms with Crippen LogP contribution in [0.4, 0.5) is 14.8 Å². The van der Waals surface area contributed by atoms with E-state index >= 15 is 0 Å². The molecule has 1 aliphatic carbocycles. The van der Waals surface area contributed by atoms with E-state index in [1.807, 2.05) is 0 Å². The zero-order valence-electron chi connectivity index (χ0n) is 14.5. The molecular weight excluding hydrogens is 344 g/mol. The molecular formula is C17H22N2O5S. The normalized spacial score (nSPS) is 17.0. The van der Waals surface area contributed by atoms with Gasteiger partial charge in [-0.3, -0.25) is 9.69 Å². The van der Waals surface area contributed by atoms with Gasteiger partial charge >= 0.3 is 12.1 Å². The van der Waals surface area contributed by atoms with Gasteiger partial charge in [-0.2, -0.15) is 0 Å². The minimum Gasteiger partial charge on any atom is -0.478 e. The highest BCUT2D eigenvalue weighted by atomic mass is 32.1. The number of thiophene rings is 1. The fourth-order valence-corrected chi connectivity index (χ4v) is 4.04. The van der Waals surface area contributed by atoms with E-state index in [0.717, 1.165) is 24.2 Å². The minimum atomic E-state index is -1.09. The molecule has 0 atom stereocenters. The van der Waals surface area contributed by atoms with Crippen LogP contribution < -0.4 is 10.2 Å². The summed E-state index contributed by atoms with van der Waals surface area (Å²) in [5, 5.41) is 13.2. The van der Waals surface area contributed by atoms with Gasteiger partial charge in [0.1, 0.15) is 15.6 Å². The largest absolute Gasteiger partial charge is 0.478 e. The van der Waals surface area contributed by atoms with Gasteiger partial charge in [-0.25, -0.2) is 9.59 Å². The predicted octanol–water partition coefficient (Wildman–Crippen LogP) is 3.48. The van der Waals surface area contributed by atoms with E-state index < -0.39 is 17.7 Å². The Labute approximate surface area is 150 Å². The van der Waals surface area contributed by atoms with Crippen molar-refractivity contribution < 1.29 is 24.2 Å². The topological polar surface area (TPSA) is 95.9 Å². The average molecular weight is 366 g/mol. The van der Waals surface area contributed by atoms with Crippen molar-refractivity contribution in [2.75, 3.05) is 16.8 Å². The van der Waals surface area contributed by atoms with Crippen LogP contribution >= 0.6 is 11.3 Å². The fourth-order valence-electron chi connectivity index (χ4n) is 2.78. The number of hydrogen-bond donors (Lipinski definition) is 2. The van der Waals surface area contributed by atoms with Crippen molar-refractivity contribution in [2.45, 2.75) is 52.1 Å². The molecule has 8 heteroatoms. The van der Waals surface area contributed by atoms with Crippen molar-refractivity contribution in [1.82, 2.24) is 0 Å². The van der Waals surface area contributed by atoms with Crippen LogP contribution in [0.1, 0.15) is 56.0 Å². The maximum Gasteiger partial charge on any atom is 0.415 e. The smallest absolute Gasteiger partial charge is 0.415 e. The fraction of sp³-hybridized carbons (Fsp3) is 0.588. The summed E-state index contributed by atoms with van der Waals surface area (Å²) < 4.78 is 5.43. The molecule has 2 aliphatic rings. The zero-order valence-corrected chi connectivity index (χ0v) is 15.4. The molecule has 0 unspecified atom stereocenters. The van der Waals surface area contributed by atoms with E-state index in [1.54, 1.807) is 20.8 Å². The van der Waals surface area contributed by atoms with Crippen LogP contribution in [0.25, 0.3) is 0 Å². The summed E-state index contributed by atoms with van der Waals surface area (Å²) in [5.74, 6) is -1.26. The maximum absolute atomic E-state index is 12.5. The van der Waals surface area contributed by atoms with E-state index in [-0.39, 0.29) is 17.4 Å². The van der Waals surface area contributed by atoms with Gasteiger partial charge in [0.25, 0.3) is 0 Å². The predicted molar refractivity (Wildman–Crippen MR) is 94.5 cm³/mol. The second kappa shape index (κ2) is 6.33. The summed E-state index contributed by atoms with van der Waals surface area (Å²) in [6.45, 7) is 5.83. The van der Waals surface area contributed by atoms with Crippen LogP contribution in [0.15, 0.2) is 0 Å². The van der Waals surface area contributed by atoms with E-state index in [9.17, 15) is 19.5 Å². The highest BCUT2D eigenvalue weighted by Crippen LogP contribution is 2.44. The van der Waals surface area contributed by atoms with Gasteiger partial charge in [-0.15, -0.1) is 0 Å². The number of carboxylic acids is 1. The number of ether oxygens (including phenoxy) is 1. The maximum atomic E-state index is 12.5. The number of nitrogens with zero attached hydrogens (tertiary/aromatic N) is 1. The van der Waals surface area contributed by atoms with Crippen LogP contribution in [0, 0.1) is 5.92 Å². The number of hydrogen-bond acceptors (Lipinski definition) is 5. The van der Waals surface area contributed by atoms with Gasteiger partial charge in [0.15, 0.2) is 0 Å². The van der Waals surface area contributed by atoms with E-state index in [2.05, 4.69) is 5.32 Å². The summed E-state index contributed by atoms with van der Waals surface area (Å²) in [7, 11) is 0. The molecule has 1 fully saturated rings. The van der Waals surface area contributed by atoms with E-state index in [1.165, 1.54) is 4.90 Å². The Morgan fingerprint density at radius 2 is 1.96 bits per heavy atom. The third-order valence-corrected chi connectivity index (χ3v) is 5.22. The molecule has 0 bridgehead atoms. The van der Waals surface area contributed by atoms with Crippen molar-refractivity contribution in [2.24, 2.45) is 5.92 Å². The molecule has 1 aliphatic heterocycles. The molecule has 2 amide bonds. The van der Waals surface area contributed by atoms with Crippen molar-refractivity contribution in [1.29, 1.82) is 0 Å². The van der Waals surface area contributed by atoms with Gasteiger partial charge < -0.3 is 15.2 Å². The molecule has 1 aromatic heterocycles. The third-order valence-electron chi connectivity index (χ3n) is 4.05.